The summed E-state index contributed by atoms with van der Waals surface area (Å²) in [6.07, 6.45) is 2.64. The van der Waals surface area contributed by atoms with Gasteiger partial charge < -0.3 is 16.2 Å². The van der Waals surface area contributed by atoms with Crippen molar-refractivity contribution in [3.05, 3.63) is 18.1 Å². The zero-order valence-corrected chi connectivity index (χ0v) is 6.90. The van der Waals surface area contributed by atoms with E-state index in [-0.39, 0.29) is 5.69 Å². The average Bonchev–Trinajstić information content (AvgIpc) is 2.15. The fourth-order valence-corrected chi connectivity index (χ4v) is 0.754. The van der Waals surface area contributed by atoms with Crippen molar-refractivity contribution in [2.24, 2.45) is 5.73 Å². The van der Waals surface area contributed by atoms with E-state index >= 15 is 0 Å². The van der Waals surface area contributed by atoms with Gasteiger partial charge in [0.1, 0.15) is 5.82 Å². The molecule has 0 unspecified atom stereocenters. The number of nitrogens with one attached hydrogen (secondary N) is 1. The van der Waals surface area contributed by atoms with E-state index in [1.54, 1.807) is 0 Å². The topological polar surface area (TPSA) is 101 Å². The molecule has 0 spiro atoms. The highest BCUT2D eigenvalue weighted by Gasteiger charge is 2.04. The summed E-state index contributed by atoms with van der Waals surface area (Å²) in [6.45, 7) is 0.997. The van der Waals surface area contributed by atoms with Crippen LogP contribution in [-0.2, 0) is 0 Å². The summed E-state index contributed by atoms with van der Waals surface area (Å²) < 4.78 is 0. The molecule has 0 aliphatic carbocycles. The first-order chi connectivity index (χ1) is 6.24. The first kappa shape index (κ1) is 9.40. The SMILES string of the molecule is NCCNc1cncc(C(=O)O)n1. The van der Waals surface area contributed by atoms with E-state index in [1.165, 1.54) is 12.4 Å². The average molecular weight is 182 g/mol. The van der Waals surface area contributed by atoms with Crippen LogP contribution in [0.4, 0.5) is 5.82 Å². The molecular formula is C7H10N4O2. The maximum absolute atomic E-state index is 10.5. The molecule has 13 heavy (non-hydrogen) atoms. The number of carboxylic acids is 1. The molecule has 0 aliphatic heterocycles. The third-order valence-corrected chi connectivity index (χ3v) is 1.30. The standard InChI is InChI=1S/C7H10N4O2/c8-1-2-10-6-4-9-3-5(11-6)7(12)13/h3-4H,1-2,8H2,(H,10,11)(H,12,13). The quantitative estimate of drug-likeness (QED) is 0.582. The molecule has 1 aromatic heterocycles. The van der Waals surface area contributed by atoms with E-state index in [4.69, 9.17) is 10.8 Å². The maximum Gasteiger partial charge on any atom is 0.356 e. The Labute approximate surface area is 74.8 Å². The van der Waals surface area contributed by atoms with Crippen LogP contribution in [0.25, 0.3) is 0 Å². The zero-order chi connectivity index (χ0) is 9.68. The lowest BCUT2D eigenvalue weighted by Gasteiger charge is -2.02. The Bertz CT molecular complexity index is 302. The summed E-state index contributed by atoms with van der Waals surface area (Å²) in [5.41, 5.74) is 5.17. The van der Waals surface area contributed by atoms with Crippen LogP contribution >= 0.6 is 0 Å². The van der Waals surface area contributed by atoms with E-state index in [2.05, 4.69) is 15.3 Å². The van der Waals surface area contributed by atoms with E-state index in [0.717, 1.165) is 0 Å². The lowest BCUT2D eigenvalue weighted by Crippen LogP contribution is -2.15. The lowest BCUT2D eigenvalue weighted by atomic mass is 10.4. The maximum atomic E-state index is 10.5. The normalized spacial score (nSPS) is 9.62. The molecule has 0 atom stereocenters. The minimum atomic E-state index is -1.09. The van der Waals surface area contributed by atoms with Crippen LogP contribution in [0.3, 0.4) is 0 Å². The van der Waals surface area contributed by atoms with Crippen molar-refractivity contribution in [1.29, 1.82) is 0 Å². The van der Waals surface area contributed by atoms with Gasteiger partial charge in [-0.15, -0.1) is 0 Å². The largest absolute Gasteiger partial charge is 0.476 e. The second kappa shape index (κ2) is 4.36. The second-order valence-electron chi connectivity index (χ2n) is 2.31. The van der Waals surface area contributed by atoms with E-state index in [0.29, 0.717) is 18.9 Å². The van der Waals surface area contributed by atoms with E-state index in [1.807, 2.05) is 0 Å². The van der Waals surface area contributed by atoms with Crippen LogP contribution in [0, 0.1) is 0 Å². The van der Waals surface area contributed by atoms with Crippen molar-refractivity contribution in [2.75, 3.05) is 18.4 Å². The van der Waals surface area contributed by atoms with Crippen LogP contribution in [0.5, 0.6) is 0 Å². The predicted octanol–water partition coefficient (Wildman–Crippen LogP) is -0.455. The van der Waals surface area contributed by atoms with Crippen LogP contribution in [0.1, 0.15) is 10.5 Å². The number of carboxylic acid groups (broad SMARTS) is 1. The summed E-state index contributed by atoms with van der Waals surface area (Å²) in [5, 5.41) is 11.4. The highest BCUT2D eigenvalue weighted by atomic mass is 16.4. The first-order valence-electron chi connectivity index (χ1n) is 3.73. The molecule has 0 bridgehead atoms. The highest BCUT2D eigenvalue weighted by molar-refractivity contribution is 5.85. The van der Waals surface area contributed by atoms with Gasteiger partial charge in [0.15, 0.2) is 5.69 Å². The molecule has 0 saturated heterocycles. The fourth-order valence-electron chi connectivity index (χ4n) is 0.754. The molecule has 0 aromatic carbocycles. The van der Waals surface area contributed by atoms with Crippen molar-refractivity contribution >= 4 is 11.8 Å². The molecule has 0 radical (unpaired) electrons. The molecule has 6 nitrogen and oxygen atoms in total. The summed E-state index contributed by atoms with van der Waals surface area (Å²) in [7, 11) is 0. The van der Waals surface area contributed by atoms with Crippen molar-refractivity contribution in [2.45, 2.75) is 0 Å². The Morgan fingerprint density at radius 2 is 2.38 bits per heavy atom. The predicted molar refractivity (Wildman–Crippen MR) is 46.5 cm³/mol. The number of rotatable bonds is 4. The van der Waals surface area contributed by atoms with Gasteiger partial charge >= 0.3 is 5.97 Å². The van der Waals surface area contributed by atoms with Crippen LogP contribution < -0.4 is 11.1 Å². The zero-order valence-electron chi connectivity index (χ0n) is 6.90. The Morgan fingerprint density at radius 1 is 1.62 bits per heavy atom. The molecule has 0 aliphatic rings. The molecule has 1 heterocycles. The molecule has 0 amide bonds. The van der Waals surface area contributed by atoms with Crippen LogP contribution in [0.2, 0.25) is 0 Å². The number of aromatic carboxylic acids is 1. The van der Waals surface area contributed by atoms with Crippen molar-refractivity contribution in [1.82, 2.24) is 9.97 Å². The van der Waals surface area contributed by atoms with Gasteiger partial charge in [0.05, 0.1) is 12.4 Å². The van der Waals surface area contributed by atoms with Gasteiger partial charge in [-0.25, -0.2) is 9.78 Å². The molecule has 0 saturated carbocycles. The van der Waals surface area contributed by atoms with Crippen molar-refractivity contribution < 1.29 is 9.90 Å². The third kappa shape index (κ3) is 2.68. The number of hydrogen-bond donors (Lipinski definition) is 3. The number of carbonyl (C=O) groups is 1. The first-order valence-corrected chi connectivity index (χ1v) is 3.73. The monoisotopic (exact) mass is 182 g/mol. The number of hydrogen-bond acceptors (Lipinski definition) is 5. The van der Waals surface area contributed by atoms with Crippen molar-refractivity contribution in [3.63, 3.8) is 0 Å². The third-order valence-electron chi connectivity index (χ3n) is 1.30. The van der Waals surface area contributed by atoms with Gasteiger partial charge in [-0.1, -0.05) is 0 Å². The van der Waals surface area contributed by atoms with Gasteiger partial charge in [0, 0.05) is 13.1 Å². The number of anilines is 1. The molecule has 1 aromatic rings. The second-order valence-corrected chi connectivity index (χ2v) is 2.31. The van der Waals surface area contributed by atoms with Gasteiger partial charge in [0.2, 0.25) is 0 Å². The van der Waals surface area contributed by atoms with Gasteiger partial charge in [0.25, 0.3) is 0 Å². The van der Waals surface area contributed by atoms with Gasteiger partial charge in [-0.05, 0) is 0 Å². The number of nitrogens with zero attached hydrogens (tertiary/aromatic N) is 2. The Hall–Kier alpha value is -1.69. The minimum absolute atomic E-state index is 0.0815. The number of aromatic nitrogens is 2. The summed E-state index contributed by atoms with van der Waals surface area (Å²) in [5.74, 6) is -0.672. The minimum Gasteiger partial charge on any atom is -0.476 e. The molecular weight excluding hydrogens is 172 g/mol. The molecule has 4 N–H and O–H groups in total. The molecule has 1 rings (SSSR count). The van der Waals surface area contributed by atoms with Crippen LogP contribution in [-0.4, -0.2) is 34.1 Å². The highest BCUT2D eigenvalue weighted by Crippen LogP contribution is 2.00. The summed E-state index contributed by atoms with van der Waals surface area (Å²) in [6, 6.07) is 0. The lowest BCUT2D eigenvalue weighted by molar-refractivity contribution is 0.0690. The van der Waals surface area contributed by atoms with Crippen LogP contribution in [0.15, 0.2) is 12.4 Å². The molecule has 70 valence electrons. The Balaban J connectivity index is 2.73. The van der Waals surface area contributed by atoms with E-state index in [9.17, 15) is 4.79 Å². The van der Waals surface area contributed by atoms with Crippen molar-refractivity contribution in [3.8, 4) is 0 Å². The summed E-state index contributed by atoms with van der Waals surface area (Å²) in [4.78, 5) is 18.0. The van der Waals surface area contributed by atoms with Gasteiger partial charge in [-0.3, -0.25) is 4.98 Å². The van der Waals surface area contributed by atoms with Gasteiger partial charge in [-0.2, -0.15) is 0 Å². The Morgan fingerprint density at radius 3 is 3.00 bits per heavy atom. The molecule has 0 fully saturated rings. The fraction of sp³-hybridized carbons (Fsp3) is 0.286. The summed E-state index contributed by atoms with van der Waals surface area (Å²) >= 11 is 0. The Kier molecular flexibility index (Phi) is 3.15. The smallest absolute Gasteiger partial charge is 0.356 e. The van der Waals surface area contributed by atoms with E-state index < -0.39 is 5.97 Å². The molecule has 6 heteroatoms. The number of nitrogens with two attached hydrogens (primary N) is 1.